The van der Waals surface area contributed by atoms with Gasteiger partial charge in [0.1, 0.15) is 54.7 Å². The summed E-state index contributed by atoms with van der Waals surface area (Å²) in [6, 6.07) is 4.54. The van der Waals surface area contributed by atoms with E-state index in [1.54, 1.807) is 19.9 Å². The lowest BCUT2D eigenvalue weighted by Crippen LogP contribution is -2.61. The number of pyridine rings is 2. The molecule has 4 aromatic rings. The zero-order valence-electron chi connectivity index (χ0n) is 39.8. The summed E-state index contributed by atoms with van der Waals surface area (Å²) in [6.07, 6.45) is -8.80. The number of cyclic esters (lactones) is 1. The molecule has 5 amide bonds. The van der Waals surface area contributed by atoms with Crippen molar-refractivity contribution in [3.63, 3.8) is 0 Å². The van der Waals surface area contributed by atoms with Gasteiger partial charge >= 0.3 is 18.0 Å². The third-order valence-corrected chi connectivity index (χ3v) is 14.1. The number of hydrogen-bond donors (Lipinski definition) is 8. The Labute approximate surface area is 418 Å². The summed E-state index contributed by atoms with van der Waals surface area (Å²) in [5.41, 5.74) is 6.91. The van der Waals surface area contributed by atoms with Gasteiger partial charge in [-0.15, -0.1) is 0 Å². The number of alkyl carbamates (subject to hydrolysis) is 1. The molecule has 1 aliphatic carbocycles. The van der Waals surface area contributed by atoms with Crippen molar-refractivity contribution < 1.29 is 82.4 Å². The number of carboxylic acids is 1. The molecule has 24 nitrogen and oxygen atoms in total. The van der Waals surface area contributed by atoms with Crippen LogP contribution in [0.2, 0.25) is 0 Å². The largest absolute Gasteiger partial charge is 0.479 e. The van der Waals surface area contributed by atoms with Gasteiger partial charge in [-0.3, -0.25) is 33.7 Å². The highest BCUT2D eigenvalue weighted by Gasteiger charge is 2.49. The number of imide groups is 1. The van der Waals surface area contributed by atoms with Crippen LogP contribution in [0.1, 0.15) is 71.2 Å². The molecular formula is C49H50FN7O17. The van der Waals surface area contributed by atoms with Crippen molar-refractivity contribution in [2.75, 3.05) is 25.5 Å². The predicted molar refractivity (Wildman–Crippen MR) is 250 cm³/mol. The molecule has 2 aromatic carbocycles. The molecule has 0 saturated carbocycles. The number of benzene rings is 2. The number of halogens is 1. The molecule has 9 N–H and O–H groups in total. The summed E-state index contributed by atoms with van der Waals surface area (Å²) in [5.74, 6) is -6.49. The van der Waals surface area contributed by atoms with Crippen molar-refractivity contribution >= 4 is 58.3 Å². The number of ether oxygens (including phenoxy) is 4. The Morgan fingerprint density at radius 2 is 1.76 bits per heavy atom. The van der Waals surface area contributed by atoms with Crippen LogP contribution in [0.15, 0.2) is 47.3 Å². The normalized spacial score (nSPS) is 24.1. The second kappa shape index (κ2) is 19.6. The number of likely N-dealkylation sites (N-methyl/N-ethyl adjacent to an activating group) is 1. The number of nitrogens with two attached hydrogens (primary N) is 1. The fourth-order valence-corrected chi connectivity index (χ4v) is 10.1. The first-order valence-corrected chi connectivity index (χ1v) is 23.4. The molecule has 8 atom stereocenters. The van der Waals surface area contributed by atoms with Gasteiger partial charge in [0.15, 0.2) is 6.10 Å². The van der Waals surface area contributed by atoms with Crippen molar-refractivity contribution in [3.05, 3.63) is 97.6 Å². The summed E-state index contributed by atoms with van der Waals surface area (Å²) in [6.45, 7) is 1.30. The minimum atomic E-state index is -2.05. The zero-order valence-corrected chi connectivity index (χ0v) is 39.8. The van der Waals surface area contributed by atoms with Gasteiger partial charge in [0, 0.05) is 42.8 Å². The van der Waals surface area contributed by atoms with E-state index in [1.165, 1.54) is 35.9 Å². The van der Waals surface area contributed by atoms with Gasteiger partial charge in [0.25, 0.3) is 17.4 Å². The molecule has 2 aromatic heterocycles. The maximum absolute atomic E-state index is 15.5. The Morgan fingerprint density at radius 1 is 1.03 bits per heavy atom. The average molecular weight is 1030 g/mol. The van der Waals surface area contributed by atoms with Gasteiger partial charge in [-0.25, -0.2) is 19.0 Å². The molecule has 0 radical (unpaired) electrons. The highest BCUT2D eigenvalue weighted by Crippen LogP contribution is 2.46. The van der Waals surface area contributed by atoms with Crippen LogP contribution < -0.4 is 26.7 Å². The molecule has 390 valence electrons. The van der Waals surface area contributed by atoms with Crippen molar-refractivity contribution in [2.24, 2.45) is 5.73 Å². The number of carbonyl (C=O) groups excluding carboxylic acids is 6. The fraction of sp³-hybridized carbons (Fsp3) is 0.408. The molecule has 25 heteroatoms. The second-order valence-corrected chi connectivity index (χ2v) is 18.6. The van der Waals surface area contributed by atoms with Gasteiger partial charge in [-0.1, -0.05) is 13.0 Å². The molecule has 3 unspecified atom stereocenters. The average Bonchev–Trinajstić information content (AvgIpc) is 3.86. The van der Waals surface area contributed by atoms with E-state index in [9.17, 15) is 63.9 Å². The van der Waals surface area contributed by atoms with Gasteiger partial charge in [0.05, 0.1) is 53.7 Å². The third kappa shape index (κ3) is 9.00. The van der Waals surface area contributed by atoms with Crippen LogP contribution in [0.4, 0.5) is 14.9 Å². The van der Waals surface area contributed by atoms with E-state index in [-0.39, 0.29) is 66.1 Å². The number of aliphatic hydroxyl groups is 4. The minimum absolute atomic E-state index is 0.0220. The maximum Gasteiger partial charge on any atom is 0.407 e. The van der Waals surface area contributed by atoms with Gasteiger partial charge in [0.2, 0.25) is 18.1 Å². The molecule has 6 heterocycles. The second-order valence-electron chi connectivity index (χ2n) is 18.6. The van der Waals surface area contributed by atoms with E-state index in [0.29, 0.717) is 50.3 Å². The number of aliphatic hydroxyl groups excluding tert-OH is 3. The van der Waals surface area contributed by atoms with E-state index in [1.807, 2.05) is 0 Å². The number of nitrogens with one attached hydrogen (secondary N) is 2. The van der Waals surface area contributed by atoms with Crippen molar-refractivity contribution in [3.8, 4) is 17.1 Å². The smallest absolute Gasteiger partial charge is 0.407 e. The van der Waals surface area contributed by atoms with Crippen LogP contribution in [0.3, 0.4) is 0 Å². The summed E-state index contributed by atoms with van der Waals surface area (Å²) >= 11 is 0. The van der Waals surface area contributed by atoms with Crippen LogP contribution in [0.25, 0.3) is 22.3 Å². The Hall–Kier alpha value is -7.68. The Morgan fingerprint density at radius 3 is 2.45 bits per heavy atom. The Bertz CT molecular complexity index is 3160. The number of fused-ring (bicyclic) bond motifs is 5. The Kier molecular flexibility index (Phi) is 13.6. The minimum Gasteiger partial charge on any atom is -0.479 e. The lowest BCUT2D eigenvalue weighted by Gasteiger charge is -2.38. The number of aryl methyl sites for hydroxylation is 1. The van der Waals surface area contributed by atoms with Crippen LogP contribution in [0, 0.1) is 12.7 Å². The van der Waals surface area contributed by atoms with Gasteiger partial charge in [-0.2, -0.15) is 0 Å². The van der Waals surface area contributed by atoms with E-state index in [2.05, 4.69) is 10.6 Å². The standard InChI is InChI=1S/C49H50FN7O17/c1-4-49(70)14-36(61)71-19-24-25(49)12-30-39-23(16-56(30)44(24)65)38-27(7-6-22-20(2)26(50)13-29(53-39)37(22)38)54-48(69)72-18-21-5-8-32(73-47-42(64)40(62)41(63)43(74-47)46(67)68)28(11-21)52-33(58)17-55(3)45(66)31(15-51)57-34(59)9-10-35(57)60/h5,8-13,27,31,40-43,47,62-64,70H,4,6-7,14-19,51H2,1-3H3,(H,52,58)(H,54,69)(H,67,68)/t27-,31-,40?,41-,42?,43?,47-,49+/m0/s1. The van der Waals surface area contributed by atoms with Crippen molar-refractivity contribution in [2.45, 2.75) is 108 Å². The first kappa shape index (κ1) is 51.2. The maximum atomic E-state index is 15.5. The first-order chi connectivity index (χ1) is 35.1. The molecule has 5 aliphatic rings. The lowest BCUT2D eigenvalue weighted by molar-refractivity contribution is -0.271. The zero-order chi connectivity index (χ0) is 53.2. The lowest BCUT2D eigenvalue weighted by atomic mass is 9.81. The van der Waals surface area contributed by atoms with Crippen LogP contribution >= 0.6 is 0 Å². The summed E-state index contributed by atoms with van der Waals surface area (Å²) < 4.78 is 39.0. The van der Waals surface area contributed by atoms with Crippen LogP contribution in [-0.4, -0.2) is 143 Å². The van der Waals surface area contributed by atoms with E-state index >= 15 is 4.39 Å². The molecule has 74 heavy (non-hydrogen) atoms. The van der Waals surface area contributed by atoms with Crippen LogP contribution in [0.5, 0.6) is 5.75 Å². The van der Waals surface area contributed by atoms with E-state index in [0.717, 1.165) is 17.1 Å². The summed E-state index contributed by atoms with van der Waals surface area (Å²) in [7, 11) is 1.21. The molecular weight excluding hydrogens is 978 g/mol. The molecule has 1 saturated heterocycles. The summed E-state index contributed by atoms with van der Waals surface area (Å²) in [5, 5.41) is 58.6. The van der Waals surface area contributed by atoms with E-state index < -0.39 is 121 Å². The molecule has 4 aliphatic heterocycles. The highest BCUT2D eigenvalue weighted by molar-refractivity contribution is 6.15. The number of hydrogen-bond acceptors (Lipinski definition) is 18. The van der Waals surface area contributed by atoms with Gasteiger partial charge in [-0.05, 0) is 72.2 Å². The van der Waals surface area contributed by atoms with Crippen molar-refractivity contribution in [1.82, 2.24) is 24.7 Å². The molecule has 0 bridgehead atoms. The molecule has 1 fully saturated rings. The highest BCUT2D eigenvalue weighted by atomic mass is 19.1. The molecule has 9 rings (SSSR count). The number of aliphatic carboxylic acids is 1. The predicted octanol–water partition coefficient (Wildman–Crippen LogP) is -0.249. The number of nitrogens with zero attached hydrogens (tertiary/aromatic N) is 4. The number of esters is 1. The summed E-state index contributed by atoms with van der Waals surface area (Å²) in [4.78, 5) is 110. The monoisotopic (exact) mass is 1030 g/mol. The van der Waals surface area contributed by atoms with Crippen molar-refractivity contribution in [1.29, 1.82) is 0 Å². The number of aromatic nitrogens is 2. The number of amides is 5. The number of carbonyl (C=O) groups is 7. The SMILES string of the molecule is CC[C@@]1(O)CC(=O)OCc2c1cc1n(c2=O)Cc2c-1nc1cc(F)c(C)c3c1c2[C@@H](NC(=O)OCc1ccc(O[C@H]2OC(C(=O)O)[C@@H](O)C(O)C2O)c(NC(=O)CN(C)C(=O)[C@H](CN)N2C(=O)C=CC2=O)c1)CC3. The third-order valence-electron chi connectivity index (χ3n) is 14.1. The van der Waals surface area contributed by atoms with E-state index in [4.69, 9.17) is 29.7 Å². The number of anilines is 1. The van der Waals surface area contributed by atoms with Gasteiger partial charge < -0.3 is 70.3 Å². The number of rotatable bonds is 13. The Balaban J connectivity index is 0.983. The topological polar surface area (TPSA) is 349 Å². The quantitative estimate of drug-likeness (QED) is 0.0557. The molecule has 0 spiro atoms. The van der Waals surface area contributed by atoms with Crippen LogP contribution in [-0.2, 0) is 74.8 Å². The number of carboxylic acid groups (broad SMARTS) is 1. The fourth-order valence-electron chi connectivity index (χ4n) is 10.1. The first-order valence-electron chi connectivity index (χ1n) is 23.4.